The zero-order valence-electron chi connectivity index (χ0n) is 25.6. The Morgan fingerprint density at radius 2 is 1.67 bits per heavy atom. The summed E-state index contributed by atoms with van der Waals surface area (Å²) in [5, 5.41) is 19.3. The molecule has 0 saturated carbocycles. The van der Waals surface area contributed by atoms with Crippen molar-refractivity contribution in [2.24, 2.45) is 0 Å². The first-order valence-corrected chi connectivity index (χ1v) is 15.2. The number of benzene rings is 3. The van der Waals surface area contributed by atoms with E-state index in [1.807, 2.05) is 19.9 Å². The number of aromatic nitrogens is 1. The van der Waals surface area contributed by atoms with Crippen LogP contribution >= 0.6 is 11.3 Å². The fraction of sp³-hybridized carbons (Fsp3) is 0.273. The van der Waals surface area contributed by atoms with Crippen LogP contribution in [0.2, 0.25) is 0 Å². The highest BCUT2D eigenvalue weighted by Crippen LogP contribution is 2.46. The van der Waals surface area contributed by atoms with Gasteiger partial charge in [-0.25, -0.2) is 4.98 Å². The number of thiazole rings is 1. The molecule has 6 rings (SSSR count). The van der Waals surface area contributed by atoms with E-state index < -0.39 is 23.7 Å². The third kappa shape index (κ3) is 6.40. The standard InChI is InChI=1S/C31H28N2O8S.C2H4O2/c1-4-38-19-8-9-20-25(16-19)42-31(32-20)33-27(17-6-10-21(39-5-2)23(14-17)37-3)26(29(35)30(33)36)28(34)18-7-11-22-24(15-18)41-13-12-40-22;1-2(3)4/h6-11,14-16,27,34H,4-5,12-13H2,1-3H3;1H3,(H,3,4). The lowest BCUT2D eigenvalue weighted by Gasteiger charge is -2.24. The number of anilines is 1. The summed E-state index contributed by atoms with van der Waals surface area (Å²) in [5.74, 6) is -0.243. The number of aliphatic hydroxyl groups excluding tert-OH is 1. The second kappa shape index (κ2) is 13.8. The number of fused-ring (bicyclic) bond motifs is 2. The molecule has 0 bridgehead atoms. The monoisotopic (exact) mass is 648 g/mol. The van der Waals surface area contributed by atoms with Crippen molar-refractivity contribution >= 4 is 50.1 Å². The van der Waals surface area contributed by atoms with Crippen molar-refractivity contribution in [3.63, 3.8) is 0 Å². The Morgan fingerprint density at radius 3 is 2.37 bits per heavy atom. The summed E-state index contributed by atoms with van der Waals surface area (Å²) in [6.45, 7) is 6.54. The highest BCUT2D eigenvalue weighted by molar-refractivity contribution is 7.22. The van der Waals surface area contributed by atoms with Gasteiger partial charge in [0.25, 0.3) is 11.8 Å². The Kier molecular flexibility index (Phi) is 9.61. The number of amides is 1. The van der Waals surface area contributed by atoms with Crippen molar-refractivity contribution in [3.8, 4) is 28.7 Å². The fourth-order valence-corrected chi connectivity index (χ4v) is 6.09. The molecule has 13 heteroatoms. The minimum Gasteiger partial charge on any atom is -0.507 e. The van der Waals surface area contributed by atoms with Crippen molar-refractivity contribution in [2.75, 3.05) is 38.4 Å². The lowest BCUT2D eigenvalue weighted by atomic mass is 9.95. The Balaban J connectivity index is 0.000000985. The molecule has 3 heterocycles. The molecular weight excluding hydrogens is 616 g/mol. The molecular formula is C33H32N2O10S. The smallest absolute Gasteiger partial charge is 0.301 e. The molecule has 2 aliphatic heterocycles. The Hall–Kier alpha value is -5.30. The van der Waals surface area contributed by atoms with Crippen molar-refractivity contribution in [1.82, 2.24) is 4.98 Å². The molecule has 12 nitrogen and oxygen atoms in total. The molecule has 3 aromatic carbocycles. The van der Waals surface area contributed by atoms with E-state index in [9.17, 15) is 14.7 Å². The minimum atomic E-state index is -1.00. The molecule has 4 aromatic rings. The molecule has 0 spiro atoms. The molecule has 2 N–H and O–H groups in total. The van der Waals surface area contributed by atoms with Crippen molar-refractivity contribution in [2.45, 2.75) is 26.8 Å². The van der Waals surface area contributed by atoms with E-state index in [0.717, 1.165) is 11.6 Å². The molecule has 0 aliphatic carbocycles. The normalized spacial score (nSPS) is 16.5. The van der Waals surface area contributed by atoms with Gasteiger partial charge in [-0.05, 0) is 67.9 Å². The molecule has 1 fully saturated rings. The highest BCUT2D eigenvalue weighted by atomic mass is 32.1. The first-order chi connectivity index (χ1) is 22.2. The van der Waals surface area contributed by atoms with Gasteiger partial charge in [0, 0.05) is 12.5 Å². The zero-order valence-corrected chi connectivity index (χ0v) is 26.4. The molecule has 1 unspecified atom stereocenters. The van der Waals surface area contributed by atoms with Crippen molar-refractivity contribution < 1.29 is 48.3 Å². The third-order valence-electron chi connectivity index (χ3n) is 6.93. The van der Waals surface area contributed by atoms with Crippen molar-refractivity contribution in [3.05, 3.63) is 71.3 Å². The number of carboxylic acids is 1. The summed E-state index contributed by atoms with van der Waals surface area (Å²) < 4.78 is 29.0. The predicted octanol–water partition coefficient (Wildman–Crippen LogP) is 5.59. The molecule has 240 valence electrons. The van der Waals surface area contributed by atoms with Crippen LogP contribution in [0.5, 0.6) is 28.7 Å². The molecule has 2 aliphatic rings. The summed E-state index contributed by atoms with van der Waals surface area (Å²) in [5.41, 5.74) is 1.40. The van der Waals surface area contributed by atoms with Crippen LogP contribution in [0.3, 0.4) is 0 Å². The van der Waals surface area contributed by atoms with Gasteiger partial charge in [-0.3, -0.25) is 19.3 Å². The molecule has 0 radical (unpaired) electrons. The first kappa shape index (κ1) is 32.1. The van der Waals surface area contributed by atoms with E-state index in [2.05, 4.69) is 4.98 Å². The number of methoxy groups -OCH3 is 1. The number of Topliss-reactive ketones (excluding diaryl/α,β-unsaturated/α-hetero) is 1. The van der Waals surface area contributed by atoms with Crippen LogP contribution < -0.4 is 28.6 Å². The molecule has 1 amide bonds. The van der Waals surface area contributed by atoms with E-state index in [-0.39, 0.29) is 11.3 Å². The van der Waals surface area contributed by atoms with Crippen LogP contribution in [0.1, 0.15) is 37.9 Å². The summed E-state index contributed by atoms with van der Waals surface area (Å²) in [4.78, 5) is 42.4. The van der Waals surface area contributed by atoms with Crippen molar-refractivity contribution in [1.29, 1.82) is 0 Å². The summed E-state index contributed by atoms with van der Waals surface area (Å²) in [6.07, 6.45) is 0. The topological polar surface area (TPSA) is 154 Å². The number of aliphatic hydroxyl groups is 1. The maximum Gasteiger partial charge on any atom is 0.301 e. The maximum absolute atomic E-state index is 13.7. The highest BCUT2D eigenvalue weighted by Gasteiger charge is 2.48. The van der Waals surface area contributed by atoms with Crippen LogP contribution in [0.15, 0.2) is 60.2 Å². The van der Waals surface area contributed by atoms with E-state index in [1.54, 1.807) is 48.5 Å². The number of ether oxygens (including phenoxy) is 5. The van der Waals surface area contributed by atoms with Gasteiger partial charge in [-0.2, -0.15) is 0 Å². The largest absolute Gasteiger partial charge is 0.507 e. The summed E-state index contributed by atoms with van der Waals surface area (Å²) >= 11 is 1.25. The zero-order chi connectivity index (χ0) is 33.0. The number of aliphatic carboxylic acids is 1. The van der Waals surface area contributed by atoms with Gasteiger partial charge >= 0.3 is 5.91 Å². The number of ketones is 1. The van der Waals surface area contributed by atoms with Crippen LogP contribution in [0.4, 0.5) is 5.13 Å². The number of hydrogen-bond acceptors (Lipinski definition) is 11. The van der Waals surface area contributed by atoms with E-state index >= 15 is 0 Å². The number of carbonyl (C=O) groups is 3. The lowest BCUT2D eigenvalue weighted by Crippen LogP contribution is -2.29. The lowest BCUT2D eigenvalue weighted by molar-refractivity contribution is -0.134. The fourth-order valence-electron chi connectivity index (χ4n) is 5.07. The quantitative estimate of drug-likeness (QED) is 0.140. The SMILES string of the molecule is CC(=O)O.CCOc1ccc2nc(N3C(=O)C(=O)C(=C(O)c4ccc5c(c4)OCCO5)C3c3ccc(OCC)c(OC)c3)sc2c1. The van der Waals surface area contributed by atoms with Gasteiger partial charge in [0.05, 0.1) is 42.2 Å². The van der Waals surface area contributed by atoms with Gasteiger partial charge in [0.15, 0.2) is 28.1 Å². The number of hydrogen-bond donors (Lipinski definition) is 2. The number of nitrogens with zero attached hydrogens (tertiary/aromatic N) is 2. The summed E-state index contributed by atoms with van der Waals surface area (Å²) in [6, 6.07) is 14.5. The Bertz CT molecular complexity index is 1830. The van der Waals surface area contributed by atoms with Gasteiger partial charge in [0.1, 0.15) is 24.7 Å². The predicted molar refractivity (Wildman–Crippen MR) is 170 cm³/mol. The van der Waals surface area contributed by atoms with E-state index in [1.165, 1.54) is 23.3 Å². The molecule has 1 aromatic heterocycles. The molecule has 46 heavy (non-hydrogen) atoms. The minimum absolute atomic E-state index is 0.0860. The maximum atomic E-state index is 13.7. The number of carboxylic acid groups (broad SMARTS) is 1. The van der Waals surface area contributed by atoms with Crippen LogP contribution in [-0.4, -0.2) is 66.4 Å². The average molecular weight is 649 g/mol. The van der Waals surface area contributed by atoms with Gasteiger partial charge in [-0.1, -0.05) is 17.4 Å². The number of rotatable bonds is 8. The summed E-state index contributed by atoms with van der Waals surface area (Å²) in [7, 11) is 1.51. The Labute approximate surface area is 268 Å². The Morgan fingerprint density at radius 1 is 0.957 bits per heavy atom. The van der Waals surface area contributed by atoms with Gasteiger partial charge in [-0.15, -0.1) is 0 Å². The van der Waals surface area contributed by atoms with Crippen LogP contribution in [0, 0.1) is 0 Å². The second-order valence-electron chi connectivity index (χ2n) is 9.95. The van der Waals surface area contributed by atoms with Crippen LogP contribution in [0.25, 0.3) is 16.0 Å². The number of carbonyl (C=O) groups excluding carboxylic acids is 2. The van der Waals surface area contributed by atoms with E-state index in [0.29, 0.717) is 77.0 Å². The second-order valence-corrected chi connectivity index (χ2v) is 11.0. The van der Waals surface area contributed by atoms with Gasteiger partial charge < -0.3 is 33.9 Å². The average Bonchev–Trinajstić information content (AvgIpc) is 3.58. The molecule has 1 atom stereocenters. The van der Waals surface area contributed by atoms with Gasteiger partial charge in [0.2, 0.25) is 0 Å². The molecule has 1 saturated heterocycles. The van der Waals surface area contributed by atoms with E-state index in [4.69, 9.17) is 33.6 Å². The first-order valence-electron chi connectivity index (χ1n) is 14.4. The third-order valence-corrected chi connectivity index (χ3v) is 7.95. The van der Waals surface area contributed by atoms with Crippen LogP contribution in [-0.2, 0) is 14.4 Å².